The van der Waals surface area contributed by atoms with Crippen LogP contribution in [0.1, 0.15) is 30.9 Å². The third-order valence-corrected chi connectivity index (χ3v) is 8.67. The second kappa shape index (κ2) is 9.36. The van der Waals surface area contributed by atoms with Gasteiger partial charge < -0.3 is 14.8 Å². The van der Waals surface area contributed by atoms with Crippen LogP contribution in [0.25, 0.3) is 10.2 Å². The maximum atomic E-state index is 13.5. The summed E-state index contributed by atoms with van der Waals surface area (Å²) in [5, 5.41) is 2.88. The first-order valence-electron chi connectivity index (χ1n) is 11.0. The Bertz CT molecular complexity index is 1250. The van der Waals surface area contributed by atoms with Gasteiger partial charge in [0.25, 0.3) is 5.56 Å². The summed E-state index contributed by atoms with van der Waals surface area (Å²) in [5.74, 6) is 1.83. The molecule has 0 bridgehead atoms. The molecule has 1 N–H and O–H groups in total. The first-order chi connectivity index (χ1) is 16.1. The lowest BCUT2D eigenvalue weighted by atomic mass is 10.00. The van der Waals surface area contributed by atoms with E-state index in [9.17, 15) is 9.59 Å². The molecule has 0 spiro atoms. The van der Waals surface area contributed by atoms with E-state index in [0.717, 1.165) is 47.2 Å². The second-order valence-electron chi connectivity index (χ2n) is 8.20. The van der Waals surface area contributed by atoms with Crippen molar-refractivity contribution < 1.29 is 14.3 Å². The highest BCUT2D eigenvalue weighted by Gasteiger charge is 2.28. The van der Waals surface area contributed by atoms with Crippen LogP contribution in [0.2, 0.25) is 0 Å². The fraction of sp³-hybridized carbons (Fsp3) is 0.435. The standard InChI is InChI=1S/C23H26N4O4S2/c1-30-14-6-7-17(31-2)15(10-14)16(26-8-4-3-5-9-26)11-27-13-24-19-20-23(32-12-18(28)25-20)33-21(19)22(27)29/h6-7,10,13,16H,3-5,8-9,11-12H2,1-2H3,(H,25,28)/t16-/m0/s1. The van der Waals surface area contributed by atoms with Crippen molar-refractivity contribution in [1.29, 1.82) is 0 Å². The maximum Gasteiger partial charge on any atom is 0.271 e. The number of fused-ring (bicyclic) bond motifs is 3. The van der Waals surface area contributed by atoms with E-state index in [1.165, 1.54) is 29.5 Å². The van der Waals surface area contributed by atoms with Crippen LogP contribution >= 0.6 is 23.1 Å². The number of hydrogen-bond acceptors (Lipinski definition) is 8. The molecule has 10 heteroatoms. The van der Waals surface area contributed by atoms with Gasteiger partial charge in [0.05, 0.1) is 42.2 Å². The highest BCUT2D eigenvalue weighted by molar-refractivity contribution is 8.02. The van der Waals surface area contributed by atoms with E-state index in [1.54, 1.807) is 25.1 Å². The third-order valence-electron chi connectivity index (χ3n) is 6.23. The number of likely N-dealkylation sites (tertiary alicyclic amines) is 1. The van der Waals surface area contributed by atoms with Crippen molar-refractivity contribution >= 4 is 44.9 Å². The fourth-order valence-electron chi connectivity index (χ4n) is 4.56. The Morgan fingerprint density at radius 2 is 1.97 bits per heavy atom. The number of amides is 1. The zero-order chi connectivity index (χ0) is 22.9. The average molecular weight is 487 g/mol. The van der Waals surface area contributed by atoms with E-state index in [4.69, 9.17) is 9.47 Å². The van der Waals surface area contributed by atoms with Crippen LogP contribution in [0.5, 0.6) is 11.5 Å². The summed E-state index contributed by atoms with van der Waals surface area (Å²) in [7, 11) is 3.32. The normalized spacial score (nSPS) is 17.5. The number of nitrogens with zero attached hydrogens (tertiary/aromatic N) is 3. The molecule has 1 amide bonds. The van der Waals surface area contributed by atoms with Crippen molar-refractivity contribution in [2.45, 2.75) is 36.1 Å². The Labute approximate surface area is 199 Å². The van der Waals surface area contributed by atoms with E-state index in [-0.39, 0.29) is 17.5 Å². The lowest BCUT2D eigenvalue weighted by Gasteiger charge is -2.35. The zero-order valence-corrected chi connectivity index (χ0v) is 20.3. The Kier molecular flexibility index (Phi) is 6.31. The van der Waals surface area contributed by atoms with Crippen LogP contribution in [0.3, 0.4) is 0 Å². The number of ether oxygens (including phenoxy) is 2. The Hall–Kier alpha value is -2.56. The number of anilines is 1. The van der Waals surface area contributed by atoms with Gasteiger partial charge in [-0.3, -0.25) is 19.1 Å². The minimum Gasteiger partial charge on any atom is -0.497 e. The number of carbonyl (C=O) groups excluding carboxylic acids is 1. The summed E-state index contributed by atoms with van der Waals surface area (Å²) in [4.78, 5) is 32.3. The topological polar surface area (TPSA) is 85.7 Å². The summed E-state index contributed by atoms with van der Waals surface area (Å²) in [6.45, 7) is 2.38. The van der Waals surface area contributed by atoms with Crippen molar-refractivity contribution in [2.24, 2.45) is 0 Å². The van der Waals surface area contributed by atoms with Gasteiger partial charge >= 0.3 is 0 Å². The minimum absolute atomic E-state index is 0.0593. The van der Waals surface area contributed by atoms with E-state index in [0.29, 0.717) is 28.2 Å². The molecule has 2 aliphatic rings. The Morgan fingerprint density at radius 3 is 2.73 bits per heavy atom. The van der Waals surface area contributed by atoms with Gasteiger partial charge in [-0.25, -0.2) is 4.98 Å². The molecule has 4 heterocycles. The molecule has 1 aromatic carbocycles. The SMILES string of the molecule is COc1ccc(OC)c([C@H](Cn2cnc3c4c(sc3c2=O)SCC(=O)N4)N2CCCCC2)c1. The first kappa shape index (κ1) is 22.2. The van der Waals surface area contributed by atoms with Crippen molar-refractivity contribution in [2.75, 3.05) is 38.4 Å². The van der Waals surface area contributed by atoms with Crippen molar-refractivity contribution in [1.82, 2.24) is 14.5 Å². The molecular formula is C23H26N4O4S2. The molecule has 2 aromatic heterocycles. The molecular weight excluding hydrogens is 460 g/mol. The zero-order valence-electron chi connectivity index (χ0n) is 18.6. The number of rotatable bonds is 6. The predicted molar refractivity (Wildman–Crippen MR) is 131 cm³/mol. The molecule has 1 saturated heterocycles. The molecule has 0 radical (unpaired) electrons. The number of hydrogen-bond donors (Lipinski definition) is 1. The van der Waals surface area contributed by atoms with E-state index >= 15 is 0 Å². The van der Waals surface area contributed by atoms with Crippen LogP contribution in [-0.4, -0.2) is 53.4 Å². The highest BCUT2D eigenvalue weighted by atomic mass is 32.2. The van der Waals surface area contributed by atoms with Crippen LogP contribution in [0.15, 0.2) is 33.5 Å². The van der Waals surface area contributed by atoms with Gasteiger partial charge in [0.1, 0.15) is 21.7 Å². The highest BCUT2D eigenvalue weighted by Crippen LogP contribution is 2.42. The summed E-state index contributed by atoms with van der Waals surface area (Å²) in [6.07, 6.45) is 5.08. The predicted octanol–water partition coefficient (Wildman–Crippen LogP) is 3.75. The number of aromatic nitrogens is 2. The van der Waals surface area contributed by atoms with E-state index in [1.807, 2.05) is 18.2 Å². The van der Waals surface area contributed by atoms with E-state index < -0.39 is 0 Å². The largest absolute Gasteiger partial charge is 0.497 e. The summed E-state index contributed by atoms with van der Waals surface area (Å²) >= 11 is 2.87. The summed E-state index contributed by atoms with van der Waals surface area (Å²) in [6, 6.07) is 5.75. The number of thiophene rings is 1. The van der Waals surface area contributed by atoms with Crippen molar-refractivity contribution in [3.8, 4) is 11.5 Å². The van der Waals surface area contributed by atoms with Crippen molar-refractivity contribution in [3.05, 3.63) is 40.4 Å². The van der Waals surface area contributed by atoms with Crippen LogP contribution < -0.4 is 20.3 Å². The van der Waals surface area contributed by atoms with Gasteiger partial charge in [-0.2, -0.15) is 0 Å². The maximum absolute atomic E-state index is 13.5. The number of nitrogens with one attached hydrogen (secondary N) is 1. The van der Waals surface area contributed by atoms with Crippen LogP contribution in [0, 0.1) is 0 Å². The lowest BCUT2D eigenvalue weighted by Crippen LogP contribution is -2.38. The lowest BCUT2D eigenvalue weighted by molar-refractivity contribution is -0.113. The summed E-state index contributed by atoms with van der Waals surface area (Å²) in [5.41, 5.74) is 2.16. The summed E-state index contributed by atoms with van der Waals surface area (Å²) < 4.78 is 14.4. The molecule has 8 nitrogen and oxygen atoms in total. The molecule has 0 unspecified atom stereocenters. The van der Waals surface area contributed by atoms with Gasteiger partial charge in [0, 0.05) is 12.1 Å². The molecule has 174 valence electrons. The van der Waals surface area contributed by atoms with Crippen LogP contribution in [0.4, 0.5) is 5.69 Å². The molecule has 33 heavy (non-hydrogen) atoms. The number of benzene rings is 1. The molecule has 3 aromatic rings. The Morgan fingerprint density at radius 1 is 1.15 bits per heavy atom. The quantitative estimate of drug-likeness (QED) is 0.568. The average Bonchev–Trinajstić information content (AvgIpc) is 3.22. The number of methoxy groups -OCH3 is 2. The first-order valence-corrected chi connectivity index (χ1v) is 12.8. The molecule has 1 atom stereocenters. The molecule has 2 aliphatic heterocycles. The molecule has 0 aliphatic carbocycles. The number of carbonyl (C=O) groups is 1. The number of piperidine rings is 1. The molecule has 0 saturated carbocycles. The second-order valence-corrected chi connectivity index (χ2v) is 10.5. The van der Waals surface area contributed by atoms with Gasteiger partial charge in [-0.15, -0.1) is 23.1 Å². The van der Waals surface area contributed by atoms with Crippen LogP contribution in [-0.2, 0) is 11.3 Å². The third kappa shape index (κ3) is 4.22. The van der Waals surface area contributed by atoms with Gasteiger partial charge in [0.2, 0.25) is 5.91 Å². The molecule has 1 fully saturated rings. The van der Waals surface area contributed by atoms with Crippen molar-refractivity contribution in [3.63, 3.8) is 0 Å². The van der Waals surface area contributed by atoms with Gasteiger partial charge in [-0.1, -0.05) is 6.42 Å². The smallest absolute Gasteiger partial charge is 0.271 e. The minimum atomic E-state index is -0.0851. The Balaban J connectivity index is 1.57. The number of thioether (sulfide) groups is 1. The van der Waals surface area contributed by atoms with E-state index in [2.05, 4.69) is 15.2 Å². The molecule has 5 rings (SSSR count). The van der Waals surface area contributed by atoms with Gasteiger partial charge in [-0.05, 0) is 44.1 Å². The monoisotopic (exact) mass is 486 g/mol. The van der Waals surface area contributed by atoms with Gasteiger partial charge in [0.15, 0.2) is 0 Å². The fourth-order valence-corrected chi connectivity index (χ4v) is 6.74.